The lowest BCUT2D eigenvalue weighted by molar-refractivity contribution is -0.139. The minimum atomic E-state index is -4.57. The number of likely N-dealkylation sites (tertiary alicyclic amines) is 1. The third kappa shape index (κ3) is 5.11. The van der Waals surface area contributed by atoms with Crippen LogP contribution in [0.25, 0.3) is 0 Å². The van der Waals surface area contributed by atoms with Crippen molar-refractivity contribution in [1.82, 2.24) is 24.8 Å². The molecule has 0 spiro atoms. The maximum atomic E-state index is 13.4. The van der Waals surface area contributed by atoms with Gasteiger partial charge in [0.15, 0.2) is 0 Å². The van der Waals surface area contributed by atoms with Gasteiger partial charge in [0.2, 0.25) is 5.88 Å². The molecule has 0 saturated carbocycles. The summed E-state index contributed by atoms with van der Waals surface area (Å²) in [6.07, 6.45) is -0.526. The minimum absolute atomic E-state index is 0.00227. The second kappa shape index (κ2) is 9.96. The number of carbonyl (C=O) groups is 1. The first kappa shape index (κ1) is 24.3. The number of hydrogen-bond donors (Lipinski definition) is 0. The first-order chi connectivity index (χ1) is 17.3. The smallest absolute Gasteiger partial charge is 0.421 e. The van der Waals surface area contributed by atoms with Crippen LogP contribution in [0.2, 0.25) is 0 Å². The lowest BCUT2D eigenvalue weighted by Crippen LogP contribution is -2.47. The van der Waals surface area contributed by atoms with Crippen LogP contribution in [0.4, 0.5) is 23.7 Å². The van der Waals surface area contributed by atoms with E-state index in [9.17, 15) is 18.0 Å². The van der Waals surface area contributed by atoms with Crippen molar-refractivity contribution >= 4 is 11.7 Å². The molecule has 1 atom stereocenters. The molecule has 2 amide bonds. The number of pyridine rings is 1. The molecule has 0 bridgehead atoms. The summed E-state index contributed by atoms with van der Waals surface area (Å²) in [6.45, 7) is 4.20. The van der Waals surface area contributed by atoms with Crippen molar-refractivity contribution in [1.29, 1.82) is 0 Å². The summed E-state index contributed by atoms with van der Waals surface area (Å²) in [6, 6.07) is 1.30. The molecule has 0 N–H and O–H groups in total. The van der Waals surface area contributed by atoms with E-state index in [4.69, 9.17) is 14.2 Å². The predicted molar refractivity (Wildman–Crippen MR) is 121 cm³/mol. The molecule has 3 aliphatic rings. The van der Waals surface area contributed by atoms with Gasteiger partial charge >= 0.3 is 18.2 Å². The van der Waals surface area contributed by atoms with Gasteiger partial charge in [0.05, 0.1) is 44.4 Å². The van der Waals surface area contributed by atoms with Crippen LogP contribution in [0.15, 0.2) is 18.5 Å². The Morgan fingerprint density at radius 3 is 2.67 bits per heavy atom. The van der Waals surface area contributed by atoms with Crippen molar-refractivity contribution in [3.63, 3.8) is 0 Å². The SMILES string of the molecule is COc1ncc(N2CCc3nc(OC4CCN(C(=O)N5CCOCC5)C4)ncc3C2)cc1C(F)(F)F. The maximum absolute atomic E-state index is 13.4. The number of nitrogens with zero attached hydrogens (tertiary/aromatic N) is 6. The Bertz CT molecular complexity index is 1110. The molecule has 0 aliphatic carbocycles. The lowest BCUT2D eigenvalue weighted by Gasteiger charge is -2.31. The van der Waals surface area contributed by atoms with Crippen LogP contribution in [0.5, 0.6) is 11.9 Å². The van der Waals surface area contributed by atoms with Gasteiger partial charge in [-0.1, -0.05) is 0 Å². The summed E-state index contributed by atoms with van der Waals surface area (Å²) in [5.74, 6) is -0.453. The van der Waals surface area contributed by atoms with E-state index < -0.39 is 17.6 Å². The molecule has 10 nitrogen and oxygen atoms in total. The summed E-state index contributed by atoms with van der Waals surface area (Å²) in [5.41, 5.74) is 1.05. The largest absolute Gasteiger partial charge is 0.481 e. The highest BCUT2D eigenvalue weighted by Gasteiger charge is 2.36. The Hall–Kier alpha value is -3.35. The number of morpholine rings is 1. The number of anilines is 1. The van der Waals surface area contributed by atoms with Crippen molar-refractivity contribution in [2.24, 2.45) is 0 Å². The summed E-state index contributed by atoms with van der Waals surface area (Å²) >= 11 is 0. The van der Waals surface area contributed by atoms with Gasteiger partial charge in [-0.25, -0.2) is 14.8 Å². The van der Waals surface area contributed by atoms with Gasteiger partial charge in [-0.3, -0.25) is 0 Å². The predicted octanol–water partition coefficient (Wildman–Crippen LogP) is 2.37. The minimum Gasteiger partial charge on any atom is -0.481 e. The number of methoxy groups -OCH3 is 1. The van der Waals surface area contributed by atoms with Gasteiger partial charge in [-0.15, -0.1) is 0 Å². The van der Waals surface area contributed by atoms with Crippen LogP contribution in [-0.4, -0.2) is 89.9 Å². The molecule has 1 unspecified atom stereocenters. The Balaban J connectivity index is 1.21. The highest BCUT2D eigenvalue weighted by Crippen LogP contribution is 2.37. The van der Waals surface area contributed by atoms with E-state index in [1.807, 2.05) is 0 Å². The van der Waals surface area contributed by atoms with Crippen LogP contribution in [0.3, 0.4) is 0 Å². The number of rotatable bonds is 4. The molecular weight excluding hydrogens is 481 g/mol. The molecule has 5 heterocycles. The molecule has 2 aromatic heterocycles. The zero-order valence-corrected chi connectivity index (χ0v) is 19.8. The normalized spacial score (nSPS) is 20.3. The van der Waals surface area contributed by atoms with Gasteiger partial charge in [0, 0.05) is 57.3 Å². The Labute approximate surface area is 206 Å². The van der Waals surface area contributed by atoms with Crippen molar-refractivity contribution in [3.8, 4) is 11.9 Å². The number of urea groups is 1. The van der Waals surface area contributed by atoms with Crippen LogP contribution >= 0.6 is 0 Å². The quantitative estimate of drug-likeness (QED) is 0.622. The fourth-order valence-electron chi connectivity index (χ4n) is 4.66. The molecular formula is C23H27F3N6O4. The molecule has 0 radical (unpaired) electrons. The summed E-state index contributed by atoms with van der Waals surface area (Å²) in [5, 5.41) is 0. The lowest BCUT2D eigenvalue weighted by atomic mass is 10.1. The fraction of sp³-hybridized carbons (Fsp3) is 0.565. The van der Waals surface area contributed by atoms with E-state index in [-0.39, 0.29) is 18.1 Å². The zero-order valence-electron chi connectivity index (χ0n) is 19.8. The number of alkyl halides is 3. The van der Waals surface area contributed by atoms with Crippen LogP contribution in [0.1, 0.15) is 23.2 Å². The Morgan fingerprint density at radius 1 is 1.11 bits per heavy atom. The van der Waals surface area contributed by atoms with Crippen molar-refractivity contribution in [2.75, 3.05) is 57.9 Å². The Kier molecular flexibility index (Phi) is 6.73. The topological polar surface area (TPSA) is 93.2 Å². The van der Waals surface area contributed by atoms with Gasteiger partial charge < -0.3 is 28.9 Å². The number of hydrogen-bond acceptors (Lipinski definition) is 8. The van der Waals surface area contributed by atoms with Gasteiger partial charge in [-0.2, -0.15) is 18.2 Å². The third-order valence-corrected chi connectivity index (χ3v) is 6.58. The number of amides is 2. The average molecular weight is 509 g/mol. The van der Waals surface area contributed by atoms with E-state index >= 15 is 0 Å². The molecule has 2 aromatic rings. The van der Waals surface area contributed by atoms with Crippen LogP contribution in [0, 0.1) is 0 Å². The van der Waals surface area contributed by atoms with E-state index in [1.54, 1.807) is 20.9 Å². The molecule has 0 aromatic carbocycles. The second-order valence-electron chi connectivity index (χ2n) is 8.90. The van der Waals surface area contributed by atoms with Crippen molar-refractivity contribution in [2.45, 2.75) is 31.7 Å². The van der Waals surface area contributed by atoms with Gasteiger partial charge in [0.1, 0.15) is 11.7 Å². The highest BCUT2D eigenvalue weighted by molar-refractivity contribution is 5.75. The second-order valence-corrected chi connectivity index (χ2v) is 8.90. The third-order valence-electron chi connectivity index (χ3n) is 6.58. The molecule has 13 heteroatoms. The molecule has 2 fully saturated rings. The Morgan fingerprint density at radius 2 is 1.92 bits per heavy atom. The summed E-state index contributed by atoms with van der Waals surface area (Å²) in [7, 11) is 1.16. The highest BCUT2D eigenvalue weighted by atomic mass is 19.4. The van der Waals surface area contributed by atoms with Gasteiger partial charge in [0.25, 0.3) is 0 Å². The summed E-state index contributed by atoms with van der Waals surface area (Å²) in [4.78, 5) is 30.8. The standard InChI is InChI=1S/C23H27F3N6O4/c1-34-20-18(23(24,25)26)10-16(12-27-20)31-5-3-19-15(13-31)11-28-21(29-19)36-17-2-4-32(14-17)22(33)30-6-8-35-9-7-30/h10-12,17H,2-9,13-14H2,1H3. The molecule has 194 valence electrons. The molecule has 36 heavy (non-hydrogen) atoms. The zero-order chi connectivity index (χ0) is 25.3. The molecule has 5 rings (SSSR count). The van der Waals surface area contributed by atoms with E-state index in [0.29, 0.717) is 71.0 Å². The van der Waals surface area contributed by atoms with E-state index in [1.165, 1.54) is 6.20 Å². The van der Waals surface area contributed by atoms with Gasteiger partial charge in [-0.05, 0) is 6.07 Å². The first-order valence-corrected chi connectivity index (χ1v) is 11.8. The molecule has 3 aliphatic heterocycles. The average Bonchev–Trinajstić information content (AvgIpc) is 3.36. The molecule has 2 saturated heterocycles. The van der Waals surface area contributed by atoms with Crippen molar-refractivity contribution < 1.29 is 32.2 Å². The number of fused-ring (bicyclic) bond motifs is 1. The monoisotopic (exact) mass is 508 g/mol. The number of halogens is 3. The van der Waals surface area contributed by atoms with Crippen LogP contribution < -0.4 is 14.4 Å². The van der Waals surface area contributed by atoms with E-state index in [0.717, 1.165) is 24.4 Å². The first-order valence-electron chi connectivity index (χ1n) is 11.8. The fourth-order valence-corrected chi connectivity index (χ4v) is 4.66. The maximum Gasteiger partial charge on any atom is 0.421 e. The summed E-state index contributed by atoms with van der Waals surface area (Å²) < 4.78 is 56.2. The van der Waals surface area contributed by atoms with Crippen LogP contribution in [-0.2, 0) is 23.9 Å². The number of aromatic nitrogens is 3. The van der Waals surface area contributed by atoms with Crippen molar-refractivity contribution in [3.05, 3.63) is 35.3 Å². The van der Waals surface area contributed by atoms with E-state index in [2.05, 4.69) is 15.0 Å². The number of ether oxygens (including phenoxy) is 3. The number of carbonyl (C=O) groups excluding carboxylic acids is 1.